The van der Waals surface area contributed by atoms with Crippen molar-refractivity contribution in [2.45, 2.75) is 6.92 Å². The minimum atomic E-state index is 0. The first-order valence-electron chi connectivity index (χ1n) is 12.7. The molecular weight excluding hydrogens is 655 g/mol. The zero-order chi connectivity index (χ0) is 25.5. The summed E-state index contributed by atoms with van der Waals surface area (Å²) in [5, 5.41) is 5.16. The van der Waals surface area contributed by atoms with Gasteiger partial charge in [0, 0.05) is 48.8 Å². The van der Waals surface area contributed by atoms with E-state index in [2.05, 4.69) is 87.2 Å². The van der Waals surface area contributed by atoms with E-state index in [0.29, 0.717) is 0 Å². The third-order valence-electron chi connectivity index (χ3n) is 6.99. The number of rotatable bonds is 2. The smallest absolute Gasteiger partial charge is 0.0516 e. The van der Waals surface area contributed by atoms with E-state index >= 15 is 0 Å². The Morgan fingerprint density at radius 3 is 2.15 bits per heavy atom. The summed E-state index contributed by atoms with van der Waals surface area (Å²) in [4.78, 5) is 8.79. The summed E-state index contributed by atoms with van der Waals surface area (Å²) in [5.74, 6) is 0. The maximum atomic E-state index is 4.47. The number of aryl methyl sites for hydroxylation is 1. The van der Waals surface area contributed by atoms with Crippen LogP contribution in [0.2, 0.25) is 0 Å². The van der Waals surface area contributed by atoms with Crippen molar-refractivity contribution >= 4 is 38.1 Å². The second kappa shape index (κ2) is 10.4. The van der Waals surface area contributed by atoms with E-state index in [1.54, 1.807) is 0 Å². The van der Waals surface area contributed by atoms with E-state index < -0.39 is 0 Å². The fourth-order valence-corrected chi connectivity index (χ4v) is 5.22. The van der Waals surface area contributed by atoms with Gasteiger partial charge in [0.05, 0.1) is 5.52 Å². The van der Waals surface area contributed by atoms with Gasteiger partial charge in [-0.15, -0.1) is 59.7 Å². The van der Waals surface area contributed by atoms with Crippen LogP contribution in [-0.2, 0) is 20.1 Å². The summed E-state index contributed by atoms with van der Waals surface area (Å²) in [6, 6.07) is 44.0. The molecule has 0 aliphatic heterocycles. The molecule has 0 N–H and O–H groups in total. The Balaban J connectivity index is 0.000000169. The third-order valence-corrected chi connectivity index (χ3v) is 6.99. The van der Waals surface area contributed by atoms with Gasteiger partial charge in [-0.25, -0.2) is 0 Å². The zero-order valence-corrected chi connectivity index (χ0v) is 23.6. The molecule has 3 nitrogen and oxygen atoms in total. The van der Waals surface area contributed by atoms with E-state index in [0.717, 1.165) is 22.5 Å². The van der Waals surface area contributed by atoms with Crippen LogP contribution in [-0.4, -0.2) is 14.4 Å². The van der Waals surface area contributed by atoms with Crippen molar-refractivity contribution in [3.63, 3.8) is 0 Å². The molecule has 1 radical (unpaired) electrons. The van der Waals surface area contributed by atoms with Gasteiger partial charge in [-0.2, -0.15) is 0 Å². The van der Waals surface area contributed by atoms with Crippen LogP contribution in [0.1, 0.15) is 5.56 Å². The third kappa shape index (κ3) is 4.38. The van der Waals surface area contributed by atoms with Gasteiger partial charge in [-0.1, -0.05) is 66.0 Å². The number of benzene rings is 4. The summed E-state index contributed by atoms with van der Waals surface area (Å²) in [6.07, 6.45) is 3.70. The minimum Gasteiger partial charge on any atom is -0.350 e. The first kappa shape index (κ1) is 24.9. The molecule has 0 bridgehead atoms. The quantitative estimate of drug-likeness (QED) is 0.172. The van der Waals surface area contributed by atoms with Gasteiger partial charge in [0.25, 0.3) is 0 Å². The number of hydrogen-bond acceptors (Lipinski definition) is 2. The van der Waals surface area contributed by atoms with Crippen molar-refractivity contribution in [1.82, 2.24) is 14.4 Å². The van der Waals surface area contributed by atoms with Gasteiger partial charge in [-0.05, 0) is 46.9 Å². The van der Waals surface area contributed by atoms with Crippen LogP contribution >= 0.6 is 0 Å². The average molecular weight is 678 g/mol. The SMILES string of the molecule is Cc1ccc(-c2[c-]cccc2)nc1.[Ir].[c-]1cc2c(cc1-c1ccccn1)c1cccc3c4ccccc4n2c13. The number of aromatic nitrogens is 3. The molecule has 189 valence electrons. The predicted molar refractivity (Wildman–Crippen MR) is 156 cm³/mol. The normalized spacial score (nSPS) is 11.0. The van der Waals surface area contributed by atoms with Crippen molar-refractivity contribution in [2.24, 2.45) is 0 Å². The van der Waals surface area contributed by atoms with E-state index in [1.807, 2.05) is 67.8 Å². The molecule has 4 aromatic heterocycles. The van der Waals surface area contributed by atoms with Crippen molar-refractivity contribution in [2.75, 3.05) is 0 Å². The Kier molecular flexibility index (Phi) is 6.66. The van der Waals surface area contributed by atoms with Gasteiger partial charge in [-0.3, -0.25) is 0 Å². The Bertz CT molecular complexity index is 2010. The molecule has 4 heteroatoms. The van der Waals surface area contributed by atoms with Crippen molar-refractivity contribution in [3.05, 3.63) is 139 Å². The second-order valence-corrected chi connectivity index (χ2v) is 9.41. The fourth-order valence-electron chi connectivity index (χ4n) is 5.22. The second-order valence-electron chi connectivity index (χ2n) is 9.41. The number of nitrogens with zero attached hydrogens (tertiary/aromatic N) is 3. The van der Waals surface area contributed by atoms with Crippen LogP contribution in [0.25, 0.3) is 60.6 Å². The molecule has 0 unspecified atom stereocenters. The summed E-state index contributed by atoms with van der Waals surface area (Å²) in [6.45, 7) is 2.03. The molecule has 0 spiro atoms. The van der Waals surface area contributed by atoms with Crippen LogP contribution in [0.3, 0.4) is 0 Å². The zero-order valence-electron chi connectivity index (χ0n) is 21.2. The standard InChI is InChI=1S/C23H13N2.C12H10N.Ir/c1-2-10-21-16(6-1)17-7-5-8-18-19-14-15(20-9-3-4-13-24-20)11-12-22(19)25(21)23(17)18;1-10-7-8-12(13-9-10)11-5-3-2-4-6-11;/h1-10,12-14H;2-5,7-9H,1H3;/q2*-1;. The summed E-state index contributed by atoms with van der Waals surface area (Å²) >= 11 is 0. The van der Waals surface area contributed by atoms with E-state index in [9.17, 15) is 0 Å². The van der Waals surface area contributed by atoms with E-state index in [4.69, 9.17) is 0 Å². The summed E-state index contributed by atoms with van der Waals surface area (Å²) in [7, 11) is 0. The molecule has 4 aromatic carbocycles. The van der Waals surface area contributed by atoms with Gasteiger partial charge in [0.15, 0.2) is 0 Å². The van der Waals surface area contributed by atoms with Gasteiger partial charge >= 0.3 is 0 Å². The Labute approximate surface area is 240 Å². The molecule has 39 heavy (non-hydrogen) atoms. The molecule has 0 aliphatic carbocycles. The molecule has 8 aromatic rings. The first-order valence-corrected chi connectivity index (χ1v) is 12.7. The van der Waals surface area contributed by atoms with Gasteiger partial charge < -0.3 is 14.4 Å². The van der Waals surface area contributed by atoms with Crippen LogP contribution in [0.4, 0.5) is 0 Å². The minimum absolute atomic E-state index is 0. The Morgan fingerprint density at radius 1 is 0.615 bits per heavy atom. The van der Waals surface area contributed by atoms with E-state index in [1.165, 1.54) is 43.7 Å². The largest absolute Gasteiger partial charge is 0.350 e. The van der Waals surface area contributed by atoms with E-state index in [-0.39, 0.29) is 20.1 Å². The van der Waals surface area contributed by atoms with Crippen LogP contribution < -0.4 is 0 Å². The fraction of sp³-hybridized carbons (Fsp3) is 0.0286. The molecule has 0 saturated heterocycles. The van der Waals surface area contributed by atoms with Crippen molar-refractivity contribution < 1.29 is 20.1 Å². The van der Waals surface area contributed by atoms with Crippen LogP contribution in [0, 0.1) is 19.1 Å². The van der Waals surface area contributed by atoms with Crippen LogP contribution in [0.15, 0.2) is 122 Å². The summed E-state index contributed by atoms with van der Waals surface area (Å²) < 4.78 is 2.37. The molecular formula is C35H23IrN3-2. The average Bonchev–Trinajstić information content (AvgIpc) is 3.51. The van der Waals surface area contributed by atoms with Crippen molar-refractivity contribution in [3.8, 4) is 22.5 Å². The van der Waals surface area contributed by atoms with Gasteiger partial charge in [0.2, 0.25) is 0 Å². The molecule has 8 rings (SSSR count). The molecule has 0 amide bonds. The van der Waals surface area contributed by atoms with Crippen molar-refractivity contribution in [1.29, 1.82) is 0 Å². The molecule has 0 fully saturated rings. The number of hydrogen-bond donors (Lipinski definition) is 0. The monoisotopic (exact) mass is 678 g/mol. The number of pyridine rings is 2. The maximum absolute atomic E-state index is 4.47. The summed E-state index contributed by atoms with van der Waals surface area (Å²) in [5.41, 5.74) is 8.94. The molecule has 4 heterocycles. The number of fused-ring (bicyclic) bond motifs is 6. The predicted octanol–water partition coefficient (Wildman–Crippen LogP) is 8.55. The topological polar surface area (TPSA) is 30.2 Å². The Hall–Kier alpha value is -4.37. The van der Waals surface area contributed by atoms with Gasteiger partial charge in [0.1, 0.15) is 0 Å². The Morgan fingerprint density at radius 2 is 1.38 bits per heavy atom. The molecule has 0 saturated carbocycles. The molecule has 0 aliphatic rings. The molecule has 0 atom stereocenters. The first-order chi connectivity index (χ1) is 18.8. The van der Waals surface area contributed by atoms with Crippen LogP contribution in [0.5, 0.6) is 0 Å². The number of para-hydroxylation sites is 2. The maximum Gasteiger partial charge on any atom is 0.0516 e.